The first-order chi connectivity index (χ1) is 4.75. The Bertz CT molecular complexity index is 284. The average molecular weight is 159 g/mol. The number of nitrogen functional groups attached to an aromatic ring is 1. The summed E-state index contributed by atoms with van der Waals surface area (Å²) in [6, 6.07) is 1.42. The summed E-state index contributed by atoms with van der Waals surface area (Å²) in [7, 11) is 0. The Kier molecular flexibility index (Phi) is 1.93. The van der Waals surface area contributed by atoms with Gasteiger partial charge in [-0.2, -0.15) is 3.97 Å². The summed E-state index contributed by atoms with van der Waals surface area (Å²) in [5.74, 6) is 0.174. The van der Waals surface area contributed by atoms with Gasteiger partial charge in [-0.05, 0) is 6.07 Å². The zero-order valence-corrected chi connectivity index (χ0v) is 5.71. The maximum atomic E-state index is 10.7. The van der Waals surface area contributed by atoms with Crippen LogP contribution in [0.5, 0.6) is 0 Å². The summed E-state index contributed by atoms with van der Waals surface area (Å²) < 4.78 is 9.33. The number of aromatic nitrogens is 2. The molecule has 0 fully saturated rings. The molecule has 0 saturated carbocycles. The van der Waals surface area contributed by atoms with Crippen molar-refractivity contribution in [2.75, 3.05) is 5.73 Å². The molecular weight excluding hydrogens is 154 g/mol. The van der Waals surface area contributed by atoms with Gasteiger partial charge in [-0.1, -0.05) is 0 Å². The van der Waals surface area contributed by atoms with Gasteiger partial charge in [-0.25, -0.2) is 9.78 Å². The zero-order chi connectivity index (χ0) is 7.56. The van der Waals surface area contributed by atoms with E-state index in [2.05, 4.69) is 4.98 Å². The van der Waals surface area contributed by atoms with Gasteiger partial charge in [-0.15, -0.1) is 0 Å². The van der Waals surface area contributed by atoms with Crippen LogP contribution in [0.2, 0.25) is 0 Å². The zero-order valence-electron chi connectivity index (χ0n) is 4.89. The third-order valence-corrected chi connectivity index (χ3v) is 1.45. The first-order valence-electron chi connectivity index (χ1n) is 2.41. The van der Waals surface area contributed by atoms with Gasteiger partial charge in [0.05, 0.1) is 0 Å². The van der Waals surface area contributed by atoms with E-state index in [1.165, 1.54) is 12.3 Å². The average Bonchev–Trinajstić information content (AvgIpc) is 1.88. The lowest BCUT2D eigenvalue weighted by Crippen LogP contribution is -2.19. The first kappa shape index (κ1) is 7.10. The number of hydrogen-bond acceptors (Lipinski definition) is 5. The second kappa shape index (κ2) is 2.72. The molecule has 1 aromatic rings. The largest absolute Gasteiger partial charge is 0.384 e. The van der Waals surface area contributed by atoms with Gasteiger partial charge in [0.15, 0.2) is 0 Å². The molecule has 0 unspecified atom stereocenters. The fourth-order valence-electron chi connectivity index (χ4n) is 0.490. The molecule has 0 aliphatic rings. The standard InChI is InChI=1S/C4H5N3O2S/c5-3-1-2-6-4(8)7(3)10-9/h1-2,9H,5H2. The SMILES string of the molecule is Nc1ccnc(=O)n1SO. The summed E-state index contributed by atoms with van der Waals surface area (Å²) >= 11 is 0.239. The maximum Gasteiger partial charge on any atom is 0.361 e. The Morgan fingerprint density at radius 2 is 2.50 bits per heavy atom. The first-order valence-corrected chi connectivity index (χ1v) is 3.14. The molecule has 0 bridgehead atoms. The molecule has 0 aromatic carbocycles. The van der Waals surface area contributed by atoms with Crippen LogP contribution in [0.1, 0.15) is 0 Å². The third kappa shape index (κ3) is 1.12. The van der Waals surface area contributed by atoms with Crippen LogP contribution in [-0.4, -0.2) is 13.5 Å². The molecule has 0 spiro atoms. The minimum absolute atomic E-state index is 0.174. The molecule has 0 radical (unpaired) electrons. The van der Waals surface area contributed by atoms with Crippen molar-refractivity contribution in [2.45, 2.75) is 0 Å². The van der Waals surface area contributed by atoms with Crippen LogP contribution in [0.4, 0.5) is 5.82 Å². The molecule has 1 aromatic heterocycles. The quantitative estimate of drug-likeness (QED) is 0.554. The number of rotatable bonds is 1. The monoisotopic (exact) mass is 159 g/mol. The van der Waals surface area contributed by atoms with E-state index in [4.69, 9.17) is 10.3 Å². The Labute approximate surface area is 60.8 Å². The lowest BCUT2D eigenvalue weighted by molar-refractivity contribution is 0.653. The minimum Gasteiger partial charge on any atom is -0.384 e. The van der Waals surface area contributed by atoms with Gasteiger partial charge in [-0.3, -0.25) is 0 Å². The molecule has 10 heavy (non-hydrogen) atoms. The fourth-order valence-corrected chi connectivity index (χ4v) is 0.762. The normalized spacial score (nSPS) is 9.70. The van der Waals surface area contributed by atoms with Crippen molar-refractivity contribution in [2.24, 2.45) is 0 Å². The van der Waals surface area contributed by atoms with Crippen LogP contribution < -0.4 is 11.4 Å². The summed E-state index contributed by atoms with van der Waals surface area (Å²) in [5.41, 5.74) is 4.70. The highest BCUT2D eigenvalue weighted by atomic mass is 32.2. The van der Waals surface area contributed by atoms with Crippen molar-refractivity contribution in [1.29, 1.82) is 0 Å². The van der Waals surface area contributed by atoms with E-state index in [1.54, 1.807) is 0 Å². The third-order valence-electron chi connectivity index (χ3n) is 0.920. The van der Waals surface area contributed by atoms with Gasteiger partial charge in [0.2, 0.25) is 0 Å². The van der Waals surface area contributed by atoms with Crippen LogP contribution in [0.15, 0.2) is 17.1 Å². The fraction of sp³-hybridized carbons (Fsp3) is 0. The number of hydrogen-bond donors (Lipinski definition) is 2. The van der Waals surface area contributed by atoms with Crippen LogP contribution in [0.3, 0.4) is 0 Å². The lowest BCUT2D eigenvalue weighted by Gasteiger charge is -1.99. The van der Waals surface area contributed by atoms with Crippen molar-refractivity contribution in [1.82, 2.24) is 8.96 Å². The molecule has 0 aliphatic heterocycles. The van der Waals surface area contributed by atoms with Crippen LogP contribution in [0, 0.1) is 0 Å². The molecular formula is C4H5N3O2S. The minimum atomic E-state index is -0.576. The van der Waals surface area contributed by atoms with Crippen LogP contribution >= 0.6 is 12.2 Å². The van der Waals surface area contributed by atoms with E-state index < -0.39 is 5.69 Å². The Hall–Kier alpha value is -1.01. The molecule has 1 heterocycles. The predicted octanol–water partition coefficient (Wildman–Crippen LogP) is -0.205. The smallest absolute Gasteiger partial charge is 0.361 e. The van der Waals surface area contributed by atoms with Gasteiger partial charge in [0.1, 0.15) is 18.0 Å². The molecule has 0 atom stereocenters. The van der Waals surface area contributed by atoms with E-state index in [1.807, 2.05) is 0 Å². The highest BCUT2D eigenvalue weighted by molar-refractivity contribution is 7.92. The molecule has 54 valence electrons. The van der Waals surface area contributed by atoms with Crippen molar-refractivity contribution >= 4 is 18.0 Å². The van der Waals surface area contributed by atoms with E-state index in [0.717, 1.165) is 3.97 Å². The van der Waals surface area contributed by atoms with Crippen LogP contribution in [0.25, 0.3) is 0 Å². The second-order valence-electron chi connectivity index (χ2n) is 1.53. The molecule has 5 nitrogen and oxygen atoms in total. The van der Waals surface area contributed by atoms with Gasteiger partial charge >= 0.3 is 5.69 Å². The molecule has 0 amide bonds. The molecule has 0 saturated heterocycles. The summed E-state index contributed by atoms with van der Waals surface area (Å²) in [5, 5.41) is 0. The topological polar surface area (TPSA) is 81.1 Å². The number of nitrogens with zero attached hydrogens (tertiary/aromatic N) is 2. The molecule has 0 aliphatic carbocycles. The highest BCUT2D eigenvalue weighted by Crippen LogP contribution is 2.02. The van der Waals surface area contributed by atoms with Gasteiger partial charge in [0, 0.05) is 6.20 Å². The van der Waals surface area contributed by atoms with Crippen molar-refractivity contribution in [3.63, 3.8) is 0 Å². The highest BCUT2D eigenvalue weighted by Gasteiger charge is 1.97. The maximum absolute atomic E-state index is 10.7. The summed E-state index contributed by atoms with van der Waals surface area (Å²) in [4.78, 5) is 14.0. The van der Waals surface area contributed by atoms with Gasteiger partial charge in [0.25, 0.3) is 0 Å². The Balaban J connectivity index is 3.31. The van der Waals surface area contributed by atoms with E-state index >= 15 is 0 Å². The lowest BCUT2D eigenvalue weighted by atomic mass is 10.6. The van der Waals surface area contributed by atoms with Crippen molar-refractivity contribution in [3.8, 4) is 0 Å². The predicted molar refractivity (Wildman–Crippen MR) is 38.5 cm³/mol. The number of nitrogens with two attached hydrogens (primary N) is 1. The van der Waals surface area contributed by atoms with E-state index in [0.29, 0.717) is 0 Å². The Morgan fingerprint density at radius 3 is 2.90 bits per heavy atom. The second-order valence-corrected chi connectivity index (χ2v) is 2.06. The van der Waals surface area contributed by atoms with Crippen LogP contribution in [-0.2, 0) is 0 Å². The summed E-state index contributed by atoms with van der Waals surface area (Å²) in [6.45, 7) is 0. The molecule has 3 N–H and O–H groups in total. The Morgan fingerprint density at radius 1 is 1.80 bits per heavy atom. The van der Waals surface area contributed by atoms with E-state index in [9.17, 15) is 4.79 Å². The van der Waals surface area contributed by atoms with E-state index in [-0.39, 0.29) is 18.0 Å². The van der Waals surface area contributed by atoms with Crippen molar-refractivity contribution < 1.29 is 4.55 Å². The summed E-state index contributed by atoms with van der Waals surface area (Å²) in [6.07, 6.45) is 1.28. The van der Waals surface area contributed by atoms with Crippen molar-refractivity contribution in [3.05, 3.63) is 22.7 Å². The molecule has 6 heteroatoms. The van der Waals surface area contributed by atoms with Gasteiger partial charge < -0.3 is 10.3 Å². The number of anilines is 1. The molecule has 1 rings (SSSR count).